The summed E-state index contributed by atoms with van der Waals surface area (Å²) in [5.41, 5.74) is 3.08. The minimum absolute atomic E-state index is 0.184. The van der Waals surface area contributed by atoms with E-state index in [0.717, 1.165) is 16.7 Å². The molecule has 0 fully saturated rings. The number of hydrogen-bond acceptors (Lipinski definition) is 6. The maximum absolute atomic E-state index is 13.7. The van der Waals surface area contributed by atoms with Crippen LogP contribution in [0.2, 0.25) is 0 Å². The molecule has 1 aliphatic heterocycles. The Kier molecular flexibility index (Phi) is 7.49. The van der Waals surface area contributed by atoms with E-state index in [1.165, 1.54) is 4.90 Å². The molecule has 0 saturated carbocycles. The number of carbonyl (C=O) groups excluding carboxylic acids is 3. The first kappa shape index (κ1) is 25.1. The molecule has 1 aromatic heterocycles. The number of fused-ring (bicyclic) bond motifs is 1. The van der Waals surface area contributed by atoms with Crippen molar-refractivity contribution in [1.82, 2.24) is 20.7 Å². The van der Waals surface area contributed by atoms with E-state index >= 15 is 0 Å². The summed E-state index contributed by atoms with van der Waals surface area (Å²) in [7, 11) is 0. The molecule has 3 aromatic rings. The third-order valence-electron chi connectivity index (χ3n) is 6.39. The van der Waals surface area contributed by atoms with Gasteiger partial charge in [0.25, 0.3) is 11.8 Å². The van der Waals surface area contributed by atoms with Crippen molar-refractivity contribution < 1.29 is 24.0 Å². The highest BCUT2D eigenvalue weighted by Crippen LogP contribution is 2.34. The summed E-state index contributed by atoms with van der Waals surface area (Å²) in [5, 5.41) is 20.7. The van der Waals surface area contributed by atoms with Crippen LogP contribution in [0.5, 0.6) is 0 Å². The van der Waals surface area contributed by atoms with Crippen LogP contribution in [-0.2, 0) is 22.6 Å². The van der Waals surface area contributed by atoms with E-state index in [4.69, 9.17) is 4.52 Å². The predicted octanol–water partition coefficient (Wildman–Crippen LogP) is 2.21. The maximum Gasteiger partial charge on any atom is 0.257 e. The summed E-state index contributed by atoms with van der Waals surface area (Å²) in [6.07, 6.45) is -1.39. The fraction of sp³-hybridized carbons (Fsp3) is 0.333. The predicted molar refractivity (Wildman–Crippen MR) is 132 cm³/mol. The number of aryl methyl sites for hydroxylation is 2. The van der Waals surface area contributed by atoms with Crippen molar-refractivity contribution in [3.05, 3.63) is 88.3 Å². The molecule has 1 aliphatic rings. The van der Waals surface area contributed by atoms with Crippen molar-refractivity contribution in [2.24, 2.45) is 0 Å². The zero-order chi connectivity index (χ0) is 25.8. The lowest BCUT2D eigenvalue weighted by molar-refractivity contribution is -0.148. The minimum Gasteiger partial charge on any atom is -0.381 e. The standard InChI is InChI=1S/C27H30N4O5/c1-4-28-26(34)23-20-13-9-8-12-19(20)15-31(23)27(35)24(32)21(14-18-10-6-5-7-11-18)29-25(33)22-16(2)30-36-17(22)3/h5-13,21,23-24,32H,4,14-15H2,1-3H3,(H,28,34)(H,29,33)/t21-,23?,24-/m0/s1. The highest BCUT2D eigenvalue weighted by atomic mass is 16.5. The SMILES string of the molecule is CCNC(=O)C1c2ccccc2CN1C(=O)[C@@H](O)[C@H](Cc1ccccc1)NC(=O)c1c(C)noc1C. The smallest absolute Gasteiger partial charge is 0.257 e. The fourth-order valence-corrected chi connectivity index (χ4v) is 4.65. The van der Waals surface area contributed by atoms with Crippen LogP contribution in [0.15, 0.2) is 59.1 Å². The van der Waals surface area contributed by atoms with Crippen LogP contribution in [0.3, 0.4) is 0 Å². The van der Waals surface area contributed by atoms with Gasteiger partial charge < -0.3 is 25.2 Å². The number of nitrogens with one attached hydrogen (secondary N) is 2. The van der Waals surface area contributed by atoms with Crippen molar-refractivity contribution in [2.45, 2.75) is 51.9 Å². The Bertz CT molecular complexity index is 1240. The molecule has 2 heterocycles. The van der Waals surface area contributed by atoms with Gasteiger partial charge in [-0.2, -0.15) is 0 Å². The van der Waals surface area contributed by atoms with E-state index in [-0.39, 0.29) is 24.4 Å². The topological polar surface area (TPSA) is 125 Å². The zero-order valence-corrected chi connectivity index (χ0v) is 20.5. The highest BCUT2D eigenvalue weighted by molar-refractivity contribution is 5.97. The molecule has 3 N–H and O–H groups in total. The van der Waals surface area contributed by atoms with Gasteiger partial charge >= 0.3 is 0 Å². The molecule has 0 radical (unpaired) electrons. The van der Waals surface area contributed by atoms with E-state index < -0.39 is 30.0 Å². The monoisotopic (exact) mass is 490 g/mol. The van der Waals surface area contributed by atoms with Crippen LogP contribution in [0.1, 0.15) is 51.5 Å². The van der Waals surface area contributed by atoms with Crippen LogP contribution in [0.4, 0.5) is 0 Å². The highest BCUT2D eigenvalue weighted by Gasteiger charge is 2.42. The number of rotatable bonds is 8. The molecular weight excluding hydrogens is 460 g/mol. The molecule has 9 heteroatoms. The normalized spacial score (nSPS) is 16.2. The molecular formula is C27H30N4O5. The number of aliphatic hydroxyl groups excluding tert-OH is 1. The van der Waals surface area contributed by atoms with Crippen molar-refractivity contribution in [3.63, 3.8) is 0 Å². The number of benzene rings is 2. The quantitative estimate of drug-likeness (QED) is 0.445. The van der Waals surface area contributed by atoms with Crippen LogP contribution in [-0.4, -0.2) is 51.6 Å². The molecule has 3 amide bonds. The summed E-state index contributed by atoms with van der Waals surface area (Å²) < 4.78 is 5.11. The van der Waals surface area contributed by atoms with Crippen molar-refractivity contribution in [3.8, 4) is 0 Å². The second-order valence-electron chi connectivity index (χ2n) is 8.88. The lowest BCUT2D eigenvalue weighted by Gasteiger charge is -2.30. The van der Waals surface area contributed by atoms with E-state index in [1.807, 2.05) is 54.6 Å². The molecule has 0 saturated heterocycles. The van der Waals surface area contributed by atoms with E-state index in [2.05, 4.69) is 15.8 Å². The van der Waals surface area contributed by atoms with Gasteiger partial charge in [-0.3, -0.25) is 14.4 Å². The van der Waals surface area contributed by atoms with Crippen LogP contribution >= 0.6 is 0 Å². The number of carbonyl (C=O) groups is 3. The lowest BCUT2D eigenvalue weighted by Crippen LogP contribution is -2.53. The molecule has 0 bridgehead atoms. The number of likely N-dealkylation sites (N-methyl/N-ethyl adjacent to an activating group) is 1. The van der Waals surface area contributed by atoms with E-state index in [9.17, 15) is 19.5 Å². The summed E-state index contributed by atoms with van der Waals surface area (Å²) >= 11 is 0. The third-order valence-corrected chi connectivity index (χ3v) is 6.39. The zero-order valence-electron chi connectivity index (χ0n) is 20.5. The largest absolute Gasteiger partial charge is 0.381 e. The van der Waals surface area contributed by atoms with Crippen LogP contribution in [0, 0.1) is 13.8 Å². The molecule has 0 spiro atoms. The molecule has 188 valence electrons. The average molecular weight is 491 g/mol. The third kappa shape index (κ3) is 5.01. The first-order valence-corrected chi connectivity index (χ1v) is 11.9. The maximum atomic E-state index is 13.7. The van der Waals surface area contributed by atoms with Gasteiger partial charge in [0.1, 0.15) is 17.4 Å². The van der Waals surface area contributed by atoms with Crippen LogP contribution < -0.4 is 10.6 Å². The number of amides is 3. The Balaban J connectivity index is 1.63. The minimum atomic E-state index is -1.60. The fourth-order valence-electron chi connectivity index (χ4n) is 4.65. The van der Waals surface area contributed by atoms with Gasteiger partial charge in [0.2, 0.25) is 5.91 Å². The Labute approximate surface area is 209 Å². The van der Waals surface area contributed by atoms with Crippen LogP contribution in [0.25, 0.3) is 0 Å². The Hall–Kier alpha value is -3.98. The average Bonchev–Trinajstić information content (AvgIpc) is 3.43. The van der Waals surface area contributed by atoms with Gasteiger partial charge in [-0.15, -0.1) is 0 Å². The van der Waals surface area contributed by atoms with Crippen molar-refractivity contribution >= 4 is 17.7 Å². The summed E-state index contributed by atoms with van der Waals surface area (Å²) in [5.74, 6) is -1.11. The number of aromatic nitrogens is 1. The van der Waals surface area contributed by atoms with Gasteiger partial charge in [0, 0.05) is 13.1 Å². The molecule has 1 unspecified atom stereocenters. The van der Waals surface area contributed by atoms with Gasteiger partial charge in [0.15, 0.2) is 6.10 Å². The molecule has 9 nitrogen and oxygen atoms in total. The number of nitrogens with zero attached hydrogens (tertiary/aromatic N) is 2. The number of aliphatic hydroxyl groups is 1. The lowest BCUT2D eigenvalue weighted by atomic mass is 9.99. The molecule has 0 aliphatic carbocycles. The Morgan fingerprint density at radius 1 is 1.11 bits per heavy atom. The van der Waals surface area contributed by atoms with E-state index in [1.54, 1.807) is 20.8 Å². The Morgan fingerprint density at radius 3 is 2.47 bits per heavy atom. The first-order chi connectivity index (χ1) is 17.3. The first-order valence-electron chi connectivity index (χ1n) is 11.9. The van der Waals surface area contributed by atoms with Gasteiger partial charge in [0.05, 0.1) is 11.7 Å². The second-order valence-corrected chi connectivity index (χ2v) is 8.88. The number of hydrogen-bond donors (Lipinski definition) is 3. The molecule has 36 heavy (non-hydrogen) atoms. The Morgan fingerprint density at radius 2 is 1.81 bits per heavy atom. The van der Waals surface area contributed by atoms with Crippen molar-refractivity contribution in [1.29, 1.82) is 0 Å². The van der Waals surface area contributed by atoms with Gasteiger partial charge in [-0.25, -0.2) is 0 Å². The molecule has 3 atom stereocenters. The van der Waals surface area contributed by atoms with Gasteiger partial charge in [-0.1, -0.05) is 59.8 Å². The summed E-state index contributed by atoms with van der Waals surface area (Å²) in [6, 6.07) is 14.8. The van der Waals surface area contributed by atoms with Gasteiger partial charge in [-0.05, 0) is 43.9 Å². The molecule has 4 rings (SSSR count). The van der Waals surface area contributed by atoms with E-state index in [0.29, 0.717) is 18.0 Å². The van der Waals surface area contributed by atoms with Crippen molar-refractivity contribution in [2.75, 3.05) is 6.54 Å². The summed E-state index contributed by atoms with van der Waals surface area (Å²) in [4.78, 5) is 41.1. The second kappa shape index (κ2) is 10.7. The molecule has 2 aromatic carbocycles. The summed E-state index contributed by atoms with van der Waals surface area (Å²) in [6.45, 7) is 5.68.